The molecule has 0 bridgehead atoms. The zero-order valence-corrected chi connectivity index (χ0v) is 20.6. The van der Waals surface area contributed by atoms with Crippen LogP contribution in [0.25, 0.3) is 16.6 Å². The Labute approximate surface area is 220 Å². The molecular formula is C30H21F3N2O4. The van der Waals surface area contributed by atoms with Crippen molar-refractivity contribution in [3.05, 3.63) is 130 Å². The SMILES string of the molecule is COc1ccc(-n2cc(C(=O)Nc3cc(F)cc(F)c3)c(=O)c3ccc(OCc4ccccc4)cc32)cc1F. The Hall–Kier alpha value is -5.05. The van der Waals surface area contributed by atoms with Gasteiger partial charge in [-0.1, -0.05) is 30.3 Å². The van der Waals surface area contributed by atoms with Crippen molar-refractivity contribution in [2.75, 3.05) is 12.4 Å². The fourth-order valence-electron chi connectivity index (χ4n) is 4.14. The standard InChI is InChI=1S/C30H21F3N2O4/c1-38-28-10-7-22(14-26(28)33)35-16-25(30(37)34-21-12-19(31)11-20(32)13-21)29(36)24-9-8-23(15-27(24)35)39-17-18-5-3-2-4-6-18/h2-16H,17H2,1H3,(H,34,37). The van der Waals surface area contributed by atoms with E-state index in [1.807, 2.05) is 30.3 Å². The van der Waals surface area contributed by atoms with E-state index in [1.54, 1.807) is 18.2 Å². The second kappa shape index (κ2) is 10.7. The molecular weight excluding hydrogens is 509 g/mol. The molecule has 0 spiro atoms. The first-order chi connectivity index (χ1) is 18.8. The summed E-state index contributed by atoms with van der Waals surface area (Å²) < 4.78 is 54.3. The van der Waals surface area contributed by atoms with Crippen molar-refractivity contribution >= 4 is 22.5 Å². The zero-order valence-electron chi connectivity index (χ0n) is 20.6. The molecule has 39 heavy (non-hydrogen) atoms. The van der Waals surface area contributed by atoms with E-state index in [9.17, 15) is 22.8 Å². The van der Waals surface area contributed by atoms with Crippen molar-refractivity contribution in [2.45, 2.75) is 6.61 Å². The van der Waals surface area contributed by atoms with Crippen LogP contribution in [0.3, 0.4) is 0 Å². The second-order valence-corrected chi connectivity index (χ2v) is 8.63. The summed E-state index contributed by atoms with van der Waals surface area (Å²) in [6, 6.07) is 20.9. The first-order valence-corrected chi connectivity index (χ1v) is 11.8. The Bertz CT molecular complexity index is 1730. The number of carbonyl (C=O) groups excluding carboxylic acids is 1. The van der Waals surface area contributed by atoms with E-state index in [1.165, 1.54) is 36.1 Å². The summed E-state index contributed by atoms with van der Waals surface area (Å²) in [5.74, 6) is -2.86. The van der Waals surface area contributed by atoms with E-state index >= 15 is 0 Å². The molecule has 1 aromatic heterocycles. The van der Waals surface area contributed by atoms with E-state index in [0.29, 0.717) is 23.0 Å². The number of carbonyl (C=O) groups is 1. The third-order valence-electron chi connectivity index (χ3n) is 6.00. The number of pyridine rings is 1. The average molecular weight is 531 g/mol. The van der Waals surface area contributed by atoms with E-state index in [0.717, 1.165) is 17.7 Å². The lowest BCUT2D eigenvalue weighted by Crippen LogP contribution is -2.24. The number of amides is 1. The lowest BCUT2D eigenvalue weighted by molar-refractivity contribution is 0.102. The van der Waals surface area contributed by atoms with E-state index < -0.39 is 28.8 Å². The fourth-order valence-corrected chi connectivity index (χ4v) is 4.14. The number of halogens is 3. The Morgan fingerprint density at radius 3 is 2.33 bits per heavy atom. The van der Waals surface area contributed by atoms with Gasteiger partial charge < -0.3 is 19.4 Å². The number of rotatable bonds is 7. The molecule has 0 unspecified atom stereocenters. The summed E-state index contributed by atoms with van der Waals surface area (Å²) >= 11 is 0. The molecule has 5 aromatic rings. The Balaban J connectivity index is 1.61. The van der Waals surface area contributed by atoms with Gasteiger partial charge in [0.25, 0.3) is 5.91 Å². The first kappa shape index (κ1) is 25.6. The maximum Gasteiger partial charge on any atom is 0.261 e. The predicted octanol–water partition coefficient (Wildman–Crippen LogP) is 6.25. The van der Waals surface area contributed by atoms with Gasteiger partial charge in [0.1, 0.15) is 29.6 Å². The first-order valence-electron chi connectivity index (χ1n) is 11.8. The minimum atomic E-state index is -0.891. The topological polar surface area (TPSA) is 69.6 Å². The van der Waals surface area contributed by atoms with Crippen molar-refractivity contribution in [3.8, 4) is 17.2 Å². The van der Waals surface area contributed by atoms with Crippen LogP contribution < -0.4 is 20.2 Å². The van der Waals surface area contributed by atoms with Crippen LogP contribution in [-0.4, -0.2) is 17.6 Å². The second-order valence-electron chi connectivity index (χ2n) is 8.63. The number of hydrogen-bond donors (Lipinski definition) is 1. The predicted molar refractivity (Wildman–Crippen MR) is 141 cm³/mol. The van der Waals surface area contributed by atoms with E-state index in [4.69, 9.17) is 9.47 Å². The van der Waals surface area contributed by atoms with Crippen LogP contribution in [0.2, 0.25) is 0 Å². The smallest absolute Gasteiger partial charge is 0.261 e. The summed E-state index contributed by atoms with van der Waals surface area (Å²) in [4.78, 5) is 26.5. The quantitative estimate of drug-likeness (QED) is 0.270. The van der Waals surface area contributed by atoms with Gasteiger partial charge in [-0.05, 0) is 42.0 Å². The van der Waals surface area contributed by atoms with Gasteiger partial charge in [-0.25, -0.2) is 13.2 Å². The molecule has 1 N–H and O–H groups in total. The minimum absolute atomic E-state index is 0.0158. The highest BCUT2D eigenvalue weighted by molar-refractivity contribution is 6.06. The molecule has 0 aliphatic heterocycles. The van der Waals surface area contributed by atoms with Crippen LogP contribution >= 0.6 is 0 Å². The molecule has 0 saturated carbocycles. The van der Waals surface area contributed by atoms with Crippen LogP contribution in [0.1, 0.15) is 15.9 Å². The summed E-state index contributed by atoms with van der Waals surface area (Å²) in [7, 11) is 1.33. The molecule has 0 radical (unpaired) electrons. The average Bonchev–Trinajstić information content (AvgIpc) is 2.92. The summed E-state index contributed by atoms with van der Waals surface area (Å²) in [5.41, 5.74) is 0.477. The third-order valence-corrected chi connectivity index (χ3v) is 6.00. The third kappa shape index (κ3) is 5.47. The van der Waals surface area contributed by atoms with Gasteiger partial charge in [0, 0.05) is 41.2 Å². The van der Waals surface area contributed by atoms with Crippen LogP contribution in [0.15, 0.2) is 95.9 Å². The van der Waals surface area contributed by atoms with Crippen molar-refractivity contribution in [3.63, 3.8) is 0 Å². The maximum atomic E-state index is 14.7. The van der Waals surface area contributed by atoms with Gasteiger partial charge in [-0.15, -0.1) is 0 Å². The van der Waals surface area contributed by atoms with Crippen molar-refractivity contribution in [1.82, 2.24) is 4.57 Å². The molecule has 4 aromatic carbocycles. The molecule has 0 aliphatic carbocycles. The van der Waals surface area contributed by atoms with Crippen molar-refractivity contribution in [1.29, 1.82) is 0 Å². The number of anilines is 1. The van der Waals surface area contributed by atoms with Crippen LogP contribution in [0.5, 0.6) is 11.5 Å². The highest BCUT2D eigenvalue weighted by Crippen LogP contribution is 2.26. The molecule has 0 fully saturated rings. The maximum absolute atomic E-state index is 14.7. The Morgan fingerprint density at radius 2 is 1.64 bits per heavy atom. The van der Waals surface area contributed by atoms with E-state index in [2.05, 4.69) is 5.32 Å². The van der Waals surface area contributed by atoms with Gasteiger partial charge in [0.05, 0.1) is 12.6 Å². The van der Waals surface area contributed by atoms with Crippen LogP contribution in [0.4, 0.5) is 18.9 Å². The number of nitrogens with zero attached hydrogens (tertiary/aromatic N) is 1. The van der Waals surface area contributed by atoms with Gasteiger partial charge >= 0.3 is 0 Å². The molecule has 6 nitrogen and oxygen atoms in total. The number of ether oxygens (including phenoxy) is 2. The molecule has 9 heteroatoms. The minimum Gasteiger partial charge on any atom is -0.494 e. The monoisotopic (exact) mass is 530 g/mol. The summed E-state index contributed by atoms with van der Waals surface area (Å²) in [6.07, 6.45) is 1.25. The summed E-state index contributed by atoms with van der Waals surface area (Å²) in [5, 5.41) is 2.50. The zero-order chi connectivity index (χ0) is 27.5. The lowest BCUT2D eigenvalue weighted by Gasteiger charge is -2.16. The normalized spacial score (nSPS) is 10.9. The molecule has 0 aliphatic rings. The number of hydrogen-bond acceptors (Lipinski definition) is 4. The molecule has 1 amide bonds. The number of methoxy groups -OCH3 is 1. The van der Waals surface area contributed by atoms with Gasteiger partial charge in [0.15, 0.2) is 11.6 Å². The van der Waals surface area contributed by atoms with Gasteiger partial charge in [-0.2, -0.15) is 0 Å². The molecule has 5 rings (SSSR count). The number of benzene rings is 4. The van der Waals surface area contributed by atoms with Gasteiger partial charge in [0.2, 0.25) is 5.43 Å². The van der Waals surface area contributed by atoms with Crippen molar-refractivity contribution < 1.29 is 27.4 Å². The molecule has 0 saturated heterocycles. The highest BCUT2D eigenvalue weighted by Gasteiger charge is 2.19. The largest absolute Gasteiger partial charge is 0.494 e. The Morgan fingerprint density at radius 1 is 0.897 bits per heavy atom. The van der Waals surface area contributed by atoms with Gasteiger partial charge in [-0.3, -0.25) is 9.59 Å². The molecule has 0 atom stereocenters. The molecule has 1 heterocycles. The molecule has 196 valence electrons. The van der Waals surface area contributed by atoms with E-state index in [-0.39, 0.29) is 29.0 Å². The van der Waals surface area contributed by atoms with Crippen molar-refractivity contribution in [2.24, 2.45) is 0 Å². The lowest BCUT2D eigenvalue weighted by atomic mass is 10.1. The fraction of sp³-hybridized carbons (Fsp3) is 0.0667. The number of fused-ring (bicyclic) bond motifs is 1. The number of nitrogens with one attached hydrogen (secondary N) is 1. The highest BCUT2D eigenvalue weighted by atomic mass is 19.1. The van der Waals surface area contributed by atoms with Crippen LogP contribution in [0, 0.1) is 17.5 Å². The Kier molecular flexibility index (Phi) is 7.05. The van der Waals surface area contributed by atoms with Crippen LogP contribution in [-0.2, 0) is 6.61 Å². The number of aromatic nitrogens is 1. The summed E-state index contributed by atoms with van der Waals surface area (Å²) in [6.45, 7) is 0.276.